The molecule has 2 rings (SSSR count). The first-order chi connectivity index (χ1) is 8.01. The molecule has 0 saturated carbocycles. The SMILES string of the molecule is CC1CCCCN1S(=O)(=O)c1ccc(N)cc1. The molecule has 2 N–H and O–H groups in total. The molecule has 17 heavy (non-hydrogen) atoms. The smallest absolute Gasteiger partial charge is 0.243 e. The minimum atomic E-state index is -3.35. The molecule has 0 spiro atoms. The summed E-state index contributed by atoms with van der Waals surface area (Å²) in [7, 11) is -3.35. The monoisotopic (exact) mass is 254 g/mol. The zero-order valence-corrected chi connectivity index (χ0v) is 10.8. The molecular weight excluding hydrogens is 236 g/mol. The number of nitrogens with two attached hydrogens (primary N) is 1. The number of rotatable bonds is 2. The molecule has 94 valence electrons. The van der Waals surface area contributed by atoms with E-state index in [1.807, 2.05) is 6.92 Å². The van der Waals surface area contributed by atoms with Gasteiger partial charge in [-0.15, -0.1) is 0 Å². The Hall–Kier alpha value is -1.07. The van der Waals surface area contributed by atoms with Gasteiger partial charge < -0.3 is 5.73 Å². The number of sulfonamides is 1. The van der Waals surface area contributed by atoms with Crippen LogP contribution < -0.4 is 5.73 Å². The summed E-state index contributed by atoms with van der Waals surface area (Å²) in [4.78, 5) is 0.334. The predicted octanol–water partition coefficient (Wildman–Crippen LogP) is 1.83. The number of nitrogens with zero attached hydrogens (tertiary/aromatic N) is 1. The Bertz CT molecular complexity index is 482. The van der Waals surface area contributed by atoms with E-state index in [-0.39, 0.29) is 6.04 Å². The minimum absolute atomic E-state index is 0.0892. The molecule has 1 atom stereocenters. The largest absolute Gasteiger partial charge is 0.399 e. The summed E-state index contributed by atoms with van der Waals surface area (Å²) in [5.41, 5.74) is 6.15. The van der Waals surface area contributed by atoms with E-state index < -0.39 is 10.0 Å². The lowest BCUT2D eigenvalue weighted by Gasteiger charge is -2.32. The van der Waals surface area contributed by atoms with E-state index in [0.29, 0.717) is 17.1 Å². The summed E-state index contributed by atoms with van der Waals surface area (Å²) in [6.07, 6.45) is 2.99. The zero-order valence-electron chi connectivity index (χ0n) is 9.96. The zero-order chi connectivity index (χ0) is 12.5. The molecule has 0 radical (unpaired) electrons. The predicted molar refractivity (Wildman–Crippen MR) is 68.1 cm³/mol. The second-order valence-corrected chi connectivity index (χ2v) is 6.42. The van der Waals surface area contributed by atoms with Crippen molar-refractivity contribution in [3.05, 3.63) is 24.3 Å². The van der Waals surface area contributed by atoms with Crippen LogP contribution in [0.5, 0.6) is 0 Å². The summed E-state index contributed by atoms with van der Waals surface area (Å²) in [6, 6.07) is 6.49. The van der Waals surface area contributed by atoms with Gasteiger partial charge in [-0.2, -0.15) is 4.31 Å². The molecule has 1 aliphatic rings. The highest BCUT2D eigenvalue weighted by molar-refractivity contribution is 7.89. The average Bonchev–Trinajstić information content (AvgIpc) is 2.30. The van der Waals surface area contributed by atoms with Crippen molar-refractivity contribution in [3.63, 3.8) is 0 Å². The standard InChI is InChI=1S/C12H18N2O2S/c1-10-4-2-3-9-14(10)17(15,16)12-7-5-11(13)6-8-12/h5-8,10H,2-4,9,13H2,1H3. The maximum atomic E-state index is 12.4. The quantitative estimate of drug-likeness (QED) is 0.819. The maximum absolute atomic E-state index is 12.4. The number of benzene rings is 1. The van der Waals surface area contributed by atoms with Gasteiger partial charge in [0.25, 0.3) is 0 Å². The van der Waals surface area contributed by atoms with Gasteiger partial charge in [0, 0.05) is 18.3 Å². The van der Waals surface area contributed by atoms with Crippen molar-refractivity contribution in [1.82, 2.24) is 4.31 Å². The molecule has 0 amide bonds. The normalized spacial score (nSPS) is 22.5. The van der Waals surface area contributed by atoms with E-state index in [1.54, 1.807) is 28.6 Å². The van der Waals surface area contributed by atoms with E-state index in [0.717, 1.165) is 19.3 Å². The molecule has 1 aromatic rings. The minimum Gasteiger partial charge on any atom is -0.399 e. The van der Waals surface area contributed by atoms with E-state index >= 15 is 0 Å². The second kappa shape index (κ2) is 4.66. The molecule has 1 unspecified atom stereocenters. The third kappa shape index (κ3) is 2.45. The van der Waals surface area contributed by atoms with Gasteiger partial charge in [-0.25, -0.2) is 8.42 Å². The number of piperidine rings is 1. The average molecular weight is 254 g/mol. The van der Waals surface area contributed by atoms with Crippen LogP contribution in [0.1, 0.15) is 26.2 Å². The van der Waals surface area contributed by atoms with Crippen molar-refractivity contribution in [1.29, 1.82) is 0 Å². The highest BCUT2D eigenvalue weighted by atomic mass is 32.2. The fourth-order valence-electron chi connectivity index (χ4n) is 2.20. The molecule has 1 aromatic carbocycles. The van der Waals surface area contributed by atoms with Crippen molar-refractivity contribution in [2.75, 3.05) is 12.3 Å². The van der Waals surface area contributed by atoms with E-state index in [1.165, 1.54) is 0 Å². The van der Waals surface area contributed by atoms with Crippen LogP contribution in [0.4, 0.5) is 5.69 Å². The van der Waals surface area contributed by atoms with Crippen LogP contribution in [0.2, 0.25) is 0 Å². The number of hydrogen-bond donors (Lipinski definition) is 1. The van der Waals surface area contributed by atoms with Crippen molar-refractivity contribution < 1.29 is 8.42 Å². The highest BCUT2D eigenvalue weighted by Crippen LogP contribution is 2.25. The fourth-order valence-corrected chi connectivity index (χ4v) is 3.90. The molecule has 0 bridgehead atoms. The van der Waals surface area contributed by atoms with E-state index in [2.05, 4.69) is 0 Å². The van der Waals surface area contributed by atoms with Gasteiger partial charge in [-0.3, -0.25) is 0 Å². The number of nitrogen functional groups attached to an aromatic ring is 1. The van der Waals surface area contributed by atoms with Gasteiger partial charge in [-0.05, 0) is 44.0 Å². The van der Waals surface area contributed by atoms with Gasteiger partial charge in [-0.1, -0.05) is 6.42 Å². The second-order valence-electron chi connectivity index (χ2n) is 4.53. The van der Waals surface area contributed by atoms with Gasteiger partial charge in [0.15, 0.2) is 0 Å². The molecule has 1 fully saturated rings. The molecule has 5 heteroatoms. The van der Waals surface area contributed by atoms with Gasteiger partial charge in [0.05, 0.1) is 4.90 Å². The molecule has 1 heterocycles. The van der Waals surface area contributed by atoms with Crippen molar-refractivity contribution >= 4 is 15.7 Å². The Morgan fingerprint density at radius 2 is 1.88 bits per heavy atom. The Morgan fingerprint density at radius 1 is 1.24 bits per heavy atom. The van der Waals surface area contributed by atoms with E-state index in [4.69, 9.17) is 5.73 Å². The summed E-state index contributed by atoms with van der Waals surface area (Å²) < 4.78 is 26.4. The van der Waals surface area contributed by atoms with Crippen LogP contribution in [-0.4, -0.2) is 25.3 Å². The third-order valence-corrected chi connectivity index (χ3v) is 5.26. The lowest BCUT2D eigenvalue weighted by Crippen LogP contribution is -2.41. The molecule has 0 aliphatic carbocycles. The van der Waals surface area contributed by atoms with Crippen LogP contribution in [0.25, 0.3) is 0 Å². The van der Waals surface area contributed by atoms with Crippen LogP contribution >= 0.6 is 0 Å². The molecule has 4 nitrogen and oxygen atoms in total. The van der Waals surface area contributed by atoms with Gasteiger partial charge in [0.2, 0.25) is 10.0 Å². The Morgan fingerprint density at radius 3 is 2.47 bits per heavy atom. The summed E-state index contributed by atoms with van der Waals surface area (Å²) in [5.74, 6) is 0. The fraction of sp³-hybridized carbons (Fsp3) is 0.500. The molecule has 1 aliphatic heterocycles. The maximum Gasteiger partial charge on any atom is 0.243 e. The third-order valence-electron chi connectivity index (χ3n) is 3.23. The van der Waals surface area contributed by atoms with Crippen LogP contribution in [0.15, 0.2) is 29.2 Å². The van der Waals surface area contributed by atoms with Crippen molar-refractivity contribution in [2.45, 2.75) is 37.1 Å². The van der Waals surface area contributed by atoms with Gasteiger partial charge in [0.1, 0.15) is 0 Å². The summed E-state index contributed by atoms with van der Waals surface area (Å²) in [5, 5.41) is 0. The highest BCUT2D eigenvalue weighted by Gasteiger charge is 2.30. The van der Waals surface area contributed by atoms with Crippen LogP contribution in [0, 0.1) is 0 Å². The first-order valence-electron chi connectivity index (χ1n) is 5.89. The van der Waals surface area contributed by atoms with Crippen LogP contribution in [-0.2, 0) is 10.0 Å². The van der Waals surface area contributed by atoms with Crippen LogP contribution in [0.3, 0.4) is 0 Å². The Labute approximate surface area is 102 Å². The molecular formula is C12H18N2O2S. The molecule has 0 aromatic heterocycles. The Balaban J connectivity index is 2.32. The summed E-state index contributed by atoms with van der Waals surface area (Å²) >= 11 is 0. The first kappa shape index (κ1) is 12.4. The van der Waals surface area contributed by atoms with Crippen molar-refractivity contribution in [2.24, 2.45) is 0 Å². The number of anilines is 1. The van der Waals surface area contributed by atoms with E-state index in [9.17, 15) is 8.42 Å². The first-order valence-corrected chi connectivity index (χ1v) is 7.33. The lowest BCUT2D eigenvalue weighted by atomic mass is 10.1. The Kier molecular flexibility index (Phi) is 3.40. The lowest BCUT2D eigenvalue weighted by molar-refractivity contribution is 0.268. The number of hydrogen-bond acceptors (Lipinski definition) is 3. The van der Waals surface area contributed by atoms with Crippen molar-refractivity contribution in [3.8, 4) is 0 Å². The summed E-state index contributed by atoms with van der Waals surface area (Å²) in [6.45, 7) is 2.59. The van der Waals surface area contributed by atoms with Gasteiger partial charge >= 0.3 is 0 Å². The topological polar surface area (TPSA) is 63.4 Å². The molecule has 1 saturated heterocycles.